The molecule has 20 heavy (non-hydrogen) atoms. The van der Waals surface area contributed by atoms with Crippen molar-refractivity contribution in [1.29, 1.82) is 0 Å². The normalized spacial score (nSPS) is 20.5. The molecule has 0 spiro atoms. The van der Waals surface area contributed by atoms with Gasteiger partial charge < -0.3 is 10.6 Å². The van der Waals surface area contributed by atoms with Gasteiger partial charge in [0, 0.05) is 0 Å². The van der Waals surface area contributed by atoms with Crippen molar-refractivity contribution in [2.75, 3.05) is 6.54 Å². The van der Waals surface area contributed by atoms with Gasteiger partial charge in [0.25, 0.3) is 0 Å². The average molecular weight is 286 g/mol. The topological polar surface area (TPSA) is 41.1 Å². The quantitative estimate of drug-likeness (QED) is 0.838. The molecule has 6 heteroatoms. The summed E-state index contributed by atoms with van der Waals surface area (Å²) in [7, 11) is 0. The molecule has 0 unspecified atom stereocenters. The molecule has 1 heterocycles. The van der Waals surface area contributed by atoms with Crippen LogP contribution in [-0.4, -0.2) is 18.5 Å². The lowest BCUT2D eigenvalue weighted by atomic mass is 10.0. The molecular weight excluding hydrogens is 269 g/mol. The number of benzene rings is 1. The first-order chi connectivity index (χ1) is 9.49. The number of carbonyl (C=O) groups is 1. The largest absolute Gasteiger partial charge is 0.348 e. The minimum Gasteiger partial charge on any atom is -0.348 e. The summed E-state index contributed by atoms with van der Waals surface area (Å²) in [5.41, 5.74) is 0.200. The number of nitrogens with one attached hydrogen (secondary N) is 2. The standard InChI is InChI=1S/C14H17F3N2O/c1-8(9-6-10(15)13(17)11(16)7-9)19-14(20)12-4-2-3-5-18-12/h6-8,12,18H,2-5H2,1H3,(H,19,20)/t8-,12-/m0/s1. The third-order valence-corrected chi connectivity index (χ3v) is 3.49. The smallest absolute Gasteiger partial charge is 0.237 e. The highest BCUT2D eigenvalue weighted by molar-refractivity contribution is 5.82. The second kappa shape index (κ2) is 6.26. The molecule has 110 valence electrons. The molecule has 1 aromatic rings. The van der Waals surface area contributed by atoms with Crippen molar-refractivity contribution in [3.05, 3.63) is 35.1 Å². The lowest BCUT2D eigenvalue weighted by Crippen LogP contribution is -2.47. The van der Waals surface area contributed by atoms with Crippen LogP contribution in [0.4, 0.5) is 13.2 Å². The Balaban J connectivity index is 2.04. The maximum atomic E-state index is 13.2. The Morgan fingerprint density at radius 3 is 2.50 bits per heavy atom. The van der Waals surface area contributed by atoms with Crippen molar-refractivity contribution in [2.24, 2.45) is 0 Å². The summed E-state index contributed by atoms with van der Waals surface area (Å²) in [5.74, 6) is -4.21. The first-order valence-electron chi connectivity index (χ1n) is 6.67. The van der Waals surface area contributed by atoms with Crippen LogP contribution in [0.3, 0.4) is 0 Å². The van der Waals surface area contributed by atoms with Gasteiger partial charge >= 0.3 is 0 Å². The summed E-state index contributed by atoms with van der Waals surface area (Å²) in [6.45, 7) is 2.39. The van der Waals surface area contributed by atoms with E-state index in [0.717, 1.165) is 37.9 Å². The van der Waals surface area contributed by atoms with E-state index in [0.29, 0.717) is 0 Å². The zero-order valence-corrected chi connectivity index (χ0v) is 11.2. The van der Waals surface area contributed by atoms with Crippen molar-refractivity contribution in [3.63, 3.8) is 0 Å². The molecule has 1 aliphatic rings. The summed E-state index contributed by atoms with van der Waals surface area (Å²) in [4.78, 5) is 12.0. The number of amides is 1. The van der Waals surface area contributed by atoms with Crippen molar-refractivity contribution >= 4 is 5.91 Å². The van der Waals surface area contributed by atoms with Crippen molar-refractivity contribution in [3.8, 4) is 0 Å². The molecule has 1 saturated heterocycles. The number of rotatable bonds is 3. The van der Waals surface area contributed by atoms with E-state index in [1.54, 1.807) is 6.92 Å². The molecule has 0 aromatic heterocycles. The second-order valence-electron chi connectivity index (χ2n) is 5.03. The number of hydrogen-bond acceptors (Lipinski definition) is 2. The van der Waals surface area contributed by atoms with E-state index in [9.17, 15) is 18.0 Å². The first kappa shape index (κ1) is 14.8. The lowest BCUT2D eigenvalue weighted by Gasteiger charge is -2.24. The van der Waals surface area contributed by atoms with Crippen LogP contribution in [0.2, 0.25) is 0 Å². The maximum absolute atomic E-state index is 13.2. The van der Waals surface area contributed by atoms with Crippen molar-refractivity contribution in [2.45, 2.75) is 38.3 Å². The van der Waals surface area contributed by atoms with Crippen molar-refractivity contribution < 1.29 is 18.0 Å². The highest BCUT2D eigenvalue weighted by Crippen LogP contribution is 2.19. The number of piperidine rings is 1. The third kappa shape index (κ3) is 3.30. The Hall–Kier alpha value is -1.56. The Morgan fingerprint density at radius 2 is 1.95 bits per heavy atom. The molecular formula is C14H17F3N2O. The van der Waals surface area contributed by atoms with Crippen LogP contribution in [0.1, 0.15) is 37.8 Å². The SMILES string of the molecule is C[C@H](NC(=O)[C@@H]1CCCCN1)c1cc(F)c(F)c(F)c1. The van der Waals surface area contributed by atoms with E-state index in [1.165, 1.54) is 0 Å². The van der Waals surface area contributed by atoms with Gasteiger partial charge in [-0.3, -0.25) is 4.79 Å². The van der Waals surface area contributed by atoms with Gasteiger partial charge in [0.2, 0.25) is 5.91 Å². The lowest BCUT2D eigenvalue weighted by molar-refractivity contribution is -0.124. The van der Waals surface area contributed by atoms with Crippen LogP contribution in [-0.2, 0) is 4.79 Å². The van der Waals surface area contributed by atoms with Crippen LogP contribution >= 0.6 is 0 Å². The predicted molar refractivity (Wildman–Crippen MR) is 68.5 cm³/mol. The number of hydrogen-bond donors (Lipinski definition) is 2. The fourth-order valence-corrected chi connectivity index (χ4v) is 2.30. The highest BCUT2D eigenvalue weighted by atomic mass is 19.2. The van der Waals surface area contributed by atoms with E-state index in [4.69, 9.17) is 0 Å². The molecule has 0 saturated carbocycles. The molecule has 1 fully saturated rings. The van der Waals surface area contributed by atoms with E-state index < -0.39 is 23.5 Å². The third-order valence-electron chi connectivity index (χ3n) is 3.49. The van der Waals surface area contributed by atoms with Gasteiger partial charge in [0.1, 0.15) is 0 Å². The van der Waals surface area contributed by atoms with Crippen LogP contribution in [0.25, 0.3) is 0 Å². The van der Waals surface area contributed by atoms with E-state index in [1.807, 2.05) is 0 Å². The molecule has 2 atom stereocenters. The summed E-state index contributed by atoms with van der Waals surface area (Å²) >= 11 is 0. The summed E-state index contributed by atoms with van der Waals surface area (Å²) in [5, 5.41) is 5.77. The molecule has 1 aliphatic heterocycles. The van der Waals surface area contributed by atoms with E-state index >= 15 is 0 Å². The van der Waals surface area contributed by atoms with Gasteiger partial charge in [0.05, 0.1) is 12.1 Å². The van der Waals surface area contributed by atoms with Gasteiger partial charge in [-0.1, -0.05) is 6.42 Å². The minimum atomic E-state index is -1.50. The first-order valence-corrected chi connectivity index (χ1v) is 6.67. The Morgan fingerprint density at radius 1 is 1.30 bits per heavy atom. The Kier molecular flexibility index (Phi) is 4.65. The predicted octanol–water partition coefficient (Wildman–Crippen LogP) is 2.42. The Labute approximate surface area is 115 Å². The van der Waals surface area contributed by atoms with Gasteiger partial charge in [0.15, 0.2) is 17.5 Å². The van der Waals surface area contributed by atoms with Crippen molar-refractivity contribution in [1.82, 2.24) is 10.6 Å². The molecule has 0 aliphatic carbocycles. The summed E-state index contributed by atoms with van der Waals surface area (Å²) < 4.78 is 39.2. The summed E-state index contributed by atoms with van der Waals surface area (Å²) in [6.07, 6.45) is 2.75. The average Bonchev–Trinajstić information content (AvgIpc) is 2.45. The molecule has 2 N–H and O–H groups in total. The van der Waals surface area contributed by atoms with Gasteiger partial charge in [-0.05, 0) is 44.0 Å². The fourth-order valence-electron chi connectivity index (χ4n) is 2.30. The molecule has 3 nitrogen and oxygen atoms in total. The fraction of sp³-hybridized carbons (Fsp3) is 0.500. The zero-order valence-electron chi connectivity index (χ0n) is 11.2. The second-order valence-corrected chi connectivity index (χ2v) is 5.03. The van der Waals surface area contributed by atoms with E-state index in [2.05, 4.69) is 10.6 Å². The molecule has 1 amide bonds. The van der Waals surface area contributed by atoms with Gasteiger partial charge in [-0.2, -0.15) is 0 Å². The zero-order chi connectivity index (χ0) is 14.7. The molecule has 0 bridgehead atoms. The van der Waals surface area contributed by atoms with Crippen LogP contribution in [0, 0.1) is 17.5 Å². The van der Waals surface area contributed by atoms with Gasteiger partial charge in [-0.25, -0.2) is 13.2 Å². The highest BCUT2D eigenvalue weighted by Gasteiger charge is 2.23. The number of halogens is 3. The monoisotopic (exact) mass is 286 g/mol. The molecule has 0 radical (unpaired) electrons. The molecule has 1 aromatic carbocycles. The number of carbonyl (C=O) groups excluding carboxylic acids is 1. The van der Waals surface area contributed by atoms with Crippen LogP contribution < -0.4 is 10.6 Å². The summed E-state index contributed by atoms with van der Waals surface area (Å²) in [6, 6.07) is 0.937. The molecule has 2 rings (SSSR count). The van der Waals surface area contributed by atoms with E-state index in [-0.39, 0.29) is 17.5 Å². The maximum Gasteiger partial charge on any atom is 0.237 e. The minimum absolute atomic E-state index is 0.200. The van der Waals surface area contributed by atoms with Gasteiger partial charge in [-0.15, -0.1) is 0 Å². The Bertz CT molecular complexity index is 478. The van der Waals surface area contributed by atoms with Crippen LogP contribution in [0.15, 0.2) is 12.1 Å². The van der Waals surface area contributed by atoms with Crippen LogP contribution in [0.5, 0.6) is 0 Å².